The van der Waals surface area contributed by atoms with Crippen molar-refractivity contribution in [2.75, 3.05) is 13.7 Å². The van der Waals surface area contributed by atoms with Crippen LogP contribution in [-0.4, -0.2) is 20.1 Å². The Morgan fingerprint density at radius 2 is 1.81 bits per heavy atom. The van der Waals surface area contributed by atoms with E-state index in [0.29, 0.717) is 11.3 Å². The number of nitrogens with two attached hydrogens (primary N) is 1. The molecule has 0 heterocycles. The average molecular weight is 229 g/mol. The van der Waals surface area contributed by atoms with Crippen LogP contribution in [0.1, 0.15) is 22.6 Å². The van der Waals surface area contributed by atoms with Gasteiger partial charge >= 0.3 is 0 Å². The standard InChI is InChI=1S/C12H17F2NO/c1-7-4-9(10(6-15)12(13)14)11(16-3)5-8(7)2/h4-5,10,12H,6,15H2,1-3H3. The fourth-order valence-corrected chi connectivity index (χ4v) is 1.64. The fraction of sp³-hybridized carbons (Fsp3) is 0.500. The maximum atomic E-state index is 12.8. The van der Waals surface area contributed by atoms with Gasteiger partial charge in [0.2, 0.25) is 6.43 Å². The van der Waals surface area contributed by atoms with Crippen LogP contribution in [0.2, 0.25) is 0 Å². The molecule has 0 aliphatic heterocycles. The molecule has 1 unspecified atom stereocenters. The summed E-state index contributed by atoms with van der Waals surface area (Å²) in [6, 6.07) is 3.51. The number of hydrogen-bond acceptors (Lipinski definition) is 2. The van der Waals surface area contributed by atoms with Crippen molar-refractivity contribution in [1.29, 1.82) is 0 Å². The topological polar surface area (TPSA) is 35.2 Å². The van der Waals surface area contributed by atoms with Crippen LogP contribution in [-0.2, 0) is 0 Å². The highest BCUT2D eigenvalue weighted by Crippen LogP contribution is 2.32. The first-order valence-corrected chi connectivity index (χ1v) is 5.14. The Labute approximate surface area is 94.4 Å². The maximum Gasteiger partial charge on any atom is 0.246 e. The van der Waals surface area contributed by atoms with Crippen LogP contribution in [0.15, 0.2) is 12.1 Å². The van der Waals surface area contributed by atoms with Crippen molar-refractivity contribution in [2.45, 2.75) is 26.2 Å². The Morgan fingerprint density at radius 3 is 2.25 bits per heavy atom. The molecular weight excluding hydrogens is 212 g/mol. The second kappa shape index (κ2) is 5.25. The molecule has 4 heteroatoms. The van der Waals surface area contributed by atoms with Gasteiger partial charge in [-0.1, -0.05) is 6.07 Å². The zero-order valence-corrected chi connectivity index (χ0v) is 9.76. The molecule has 1 aromatic carbocycles. The number of methoxy groups -OCH3 is 1. The quantitative estimate of drug-likeness (QED) is 0.861. The number of benzene rings is 1. The number of hydrogen-bond donors (Lipinski definition) is 1. The van der Waals surface area contributed by atoms with Crippen LogP contribution >= 0.6 is 0 Å². The lowest BCUT2D eigenvalue weighted by Crippen LogP contribution is -2.20. The van der Waals surface area contributed by atoms with Crippen molar-refractivity contribution in [3.05, 3.63) is 28.8 Å². The third kappa shape index (κ3) is 2.50. The minimum atomic E-state index is -2.47. The highest BCUT2D eigenvalue weighted by Gasteiger charge is 2.24. The van der Waals surface area contributed by atoms with Gasteiger partial charge in [0.15, 0.2) is 0 Å². The van der Waals surface area contributed by atoms with E-state index in [9.17, 15) is 8.78 Å². The molecule has 0 saturated heterocycles. The third-order valence-corrected chi connectivity index (χ3v) is 2.80. The first-order chi connectivity index (χ1) is 7.51. The zero-order valence-electron chi connectivity index (χ0n) is 9.76. The van der Waals surface area contributed by atoms with Crippen molar-refractivity contribution in [3.8, 4) is 5.75 Å². The minimum Gasteiger partial charge on any atom is -0.496 e. The molecule has 1 aromatic rings. The van der Waals surface area contributed by atoms with Crippen molar-refractivity contribution in [2.24, 2.45) is 5.73 Å². The first-order valence-electron chi connectivity index (χ1n) is 5.14. The molecule has 2 nitrogen and oxygen atoms in total. The summed E-state index contributed by atoms with van der Waals surface area (Å²) in [5, 5.41) is 0. The van der Waals surface area contributed by atoms with Crippen LogP contribution < -0.4 is 10.5 Å². The van der Waals surface area contributed by atoms with Gasteiger partial charge in [-0.05, 0) is 31.0 Å². The molecular formula is C12H17F2NO. The van der Waals surface area contributed by atoms with E-state index in [0.717, 1.165) is 11.1 Å². The Bertz CT molecular complexity index is 366. The lowest BCUT2D eigenvalue weighted by atomic mass is 9.94. The predicted molar refractivity (Wildman–Crippen MR) is 60.3 cm³/mol. The zero-order chi connectivity index (χ0) is 12.3. The Morgan fingerprint density at radius 1 is 1.25 bits per heavy atom. The van der Waals surface area contributed by atoms with Crippen LogP contribution in [0, 0.1) is 13.8 Å². The monoisotopic (exact) mass is 229 g/mol. The molecule has 0 amide bonds. The molecule has 1 atom stereocenters. The van der Waals surface area contributed by atoms with Gasteiger partial charge in [0, 0.05) is 12.1 Å². The summed E-state index contributed by atoms with van der Waals surface area (Å²) in [6.45, 7) is 3.72. The second-order valence-electron chi connectivity index (χ2n) is 3.86. The van der Waals surface area contributed by atoms with Crippen molar-refractivity contribution in [3.63, 3.8) is 0 Å². The summed E-state index contributed by atoms with van der Waals surface area (Å²) in [5.74, 6) is -0.479. The summed E-state index contributed by atoms with van der Waals surface area (Å²) in [6.07, 6.45) is -2.47. The number of rotatable bonds is 4. The molecule has 16 heavy (non-hydrogen) atoms. The Hall–Kier alpha value is -1.16. The minimum absolute atomic E-state index is 0.0868. The average Bonchev–Trinajstić information content (AvgIpc) is 2.23. The predicted octanol–water partition coefficient (Wildman–Crippen LogP) is 2.62. The molecule has 0 aliphatic carbocycles. The number of aryl methyl sites for hydroxylation is 2. The largest absolute Gasteiger partial charge is 0.496 e. The first kappa shape index (κ1) is 12.9. The molecule has 0 fully saturated rings. The van der Waals surface area contributed by atoms with Crippen LogP contribution in [0.3, 0.4) is 0 Å². The van der Waals surface area contributed by atoms with Crippen molar-refractivity contribution >= 4 is 0 Å². The lowest BCUT2D eigenvalue weighted by Gasteiger charge is -2.19. The molecule has 0 aromatic heterocycles. The van der Waals surface area contributed by atoms with E-state index in [4.69, 9.17) is 10.5 Å². The normalized spacial score (nSPS) is 12.9. The van der Waals surface area contributed by atoms with Gasteiger partial charge in [-0.3, -0.25) is 0 Å². The van der Waals surface area contributed by atoms with E-state index in [1.165, 1.54) is 7.11 Å². The van der Waals surface area contributed by atoms with Crippen molar-refractivity contribution in [1.82, 2.24) is 0 Å². The van der Waals surface area contributed by atoms with Gasteiger partial charge < -0.3 is 10.5 Å². The lowest BCUT2D eigenvalue weighted by molar-refractivity contribution is 0.115. The molecule has 2 N–H and O–H groups in total. The Kier molecular flexibility index (Phi) is 4.24. The molecule has 0 spiro atoms. The summed E-state index contributed by atoms with van der Waals surface area (Å²) in [4.78, 5) is 0. The van der Waals surface area contributed by atoms with E-state index < -0.39 is 12.3 Å². The molecule has 0 aliphatic rings. The SMILES string of the molecule is COc1cc(C)c(C)cc1C(CN)C(F)F. The fourth-order valence-electron chi connectivity index (χ4n) is 1.64. The molecule has 90 valence electrons. The number of alkyl halides is 2. The molecule has 0 bridgehead atoms. The van der Waals surface area contributed by atoms with Gasteiger partial charge in [-0.2, -0.15) is 0 Å². The third-order valence-electron chi connectivity index (χ3n) is 2.80. The second-order valence-corrected chi connectivity index (χ2v) is 3.86. The van der Waals surface area contributed by atoms with E-state index in [1.807, 2.05) is 13.8 Å². The summed E-state index contributed by atoms with van der Waals surface area (Å²) >= 11 is 0. The van der Waals surface area contributed by atoms with E-state index >= 15 is 0 Å². The van der Waals surface area contributed by atoms with Crippen LogP contribution in [0.5, 0.6) is 5.75 Å². The summed E-state index contributed by atoms with van der Waals surface area (Å²) in [7, 11) is 1.48. The Balaban J connectivity index is 3.24. The van der Waals surface area contributed by atoms with Crippen LogP contribution in [0.4, 0.5) is 8.78 Å². The van der Waals surface area contributed by atoms with E-state index in [1.54, 1.807) is 12.1 Å². The van der Waals surface area contributed by atoms with Gasteiger partial charge in [0.1, 0.15) is 5.75 Å². The van der Waals surface area contributed by atoms with Gasteiger partial charge in [-0.15, -0.1) is 0 Å². The van der Waals surface area contributed by atoms with Crippen LogP contribution in [0.25, 0.3) is 0 Å². The highest BCUT2D eigenvalue weighted by atomic mass is 19.3. The van der Waals surface area contributed by atoms with E-state index in [-0.39, 0.29) is 6.54 Å². The van der Waals surface area contributed by atoms with E-state index in [2.05, 4.69) is 0 Å². The van der Waals surface area contributed by atoms with Gasteiger partial charge in [0.25, 0.3) is 0 Å². The summed E-state index contributed by atoms with van der Waals surface area (Å²) < 4.78 is 30.7. The van der Waals surface area contributed by atoms with Crippen molar-refractivity contribution < 1.29 is 13.5 Å². The maximum absolute atomic E-state index is 12.8. The van der Waals surface area contributed by atoms with Gasteiger partial charge in [0.05, 0.1) is 13.0 Å². The summed E-state index contributed by atoms with van der Waals surface area (Å²) in [5.41, 5.74) is 7.86. The highest BCUT2D eigenvalue weighted by molar-refractivity contribution is 5.44. The molecule has 1 rings (SSSR count). The molecule has 0 saturated carbocycles. The number of halogens is 2. The van der Waals surface area contributed by atoms with Gasteiger partial charge in [-0.25, -0.2) is 8.78 Å². The molecule has 0 radical (unpaired) electrons. The smallest absolute Gasteiger partial charge is 0.246 e. The number of ether oxygens (including phenoxy) is 1.